The van der Waals surface area contributed by atoms with Gasteiger partial charge in [0.1, 0.15) is 0 Å². The molecule has 0 amide bonds. The minimum atomic E-state index is -3.67. The third-order valence-corrected chi connectivity index (χ3v) is 3.94. The number of hydrogen-bond acceptors (Lipinski definition) is 0. The Morgan fingerprint density at radius 2 is 1.17 bits per heavy atom. The lowest BCUT2D eigenvalue weighted by Gasteiger charge is -2.08. The molecule has 0 N–H and O–H groups in total. The smallest absolute Gasteiger partial charge is 0.174 e. The summed E-state index contributed by atoms with van der Waals surface area (Å²) in [4.78, 5) is 0. The Balaban J connectivity index is 0.000000354. The Hall–Kier alpha value is -2.55. The molecule has 116 valence electrons. The van der Waals surface area contributed by atoms with Crippen LogP contribution in [-0.4, -0.2) is 6.68 Å². The van der Waals surface area contributed by atoms with Crippen molar-refractivity contribution in [2.75, 3.05) is 0 Å². The van der Waals surface area contributed by atoms with Gasteiger partial charge in [0.05, 0.1) is 0 Å². The average Bonchev–Trinajstić information content (AvgIpc) is 2.94. The van der Waals surface area contributed by atoms with E-state index in [-0.39, 0.29) is 0 Å². The van der Waals surface area contributed by atoms with Gasteiger partial charge >= 0.3 is 6.68 Å². The average molecular weight is 312 g/mol. The molecule has 4 rings (SSSR count). The maximum Gasteiger partial charge on any atom is 0.379 e. The van der Waals surface area contributed by atoms with Crippen LogP contribution in [0.25, 0.3) is 22.3 Å². The molecular weight excluding hydrogens is 297 g/mol. The molecule has 0 heterocycles. The van der Waals surface area contributed by atoms with E-state index >= 15 is 0 Å². The zero-order valence-electron chi connectivity index (χ0n) is 12.3. The number of hydrogen-bond donors (Lipinski definition) is 0. The molecule has 0 fully saturated rings. The van der Waals surface area contributed by atoms with Crippen LogP contribution in [0.4, 0.5) is 13.2 Å². The van der Waals surface area contributed by atoms with Crippen molar-refractivity contribution < 1.29 is 13.2 Å². The van der Waals surface area contributed by atoms with Gasteiger partial charge in [0, 0.05) is 0 Å². The number of fused-ring (bicyclic) bond motifs is 3. The van der Waals surface area contributed by atoms with Gasteiger partial charge in [-0.15, -0.1) is 0 Å². The largest absolute Gasteiger partial charge is 0.379 e. The Kier molecular flexibility index (Phi) is 4.47. The number of halogens is 3. The molecule has 0 radical (unpaired) electrons. The molecule has 3 aromatic carbocycles. The summed E-state index contributed by atoms with van der Waals surface area (Å²) in [7, 11) is 0. The molecule has 0 bridgehead atoms. The van der Waals surface area contributed by atoms with Crippen LogP contribution in [0.5, 0.6) is 0 Å². The fraction of sp³-hybridized carbons (Fsp3) is 0.100. The topological polar surface area (TPSA) is 0 Å². The molecular formula is C20H15F3. The zero-order valence-corrected chi connectivity index (χ0v) is 12.3. The predicted octanol–water partition coefficient (Wildman–Crippen LogP) is 6.10. The van der Waals surface area contributed by atoms with Crippen LogP contribution in [-0.2, 0) is 6.42 Å². The number of benzene rings is 3. The second-order valence-electron chi connectivity index (χ2n) is 5.28. The second-order valence-corrected chi connectivity index (χ2v) is 5.28. The highest BCUT2D eigenvalue weighted by Gasteiger charge is 2.20. The molecule has 0 nitrogen and oxygen atoms in total. The Morgan fingerprint density at radius 3 is 1.91 bits per heavy atom. The van der Waals surface area contributed by atoms with Gasteiger partial charge < -0.3 is 0 Å². The van der Waals surface area contributed by atoms with Crippen molar-refractivity contribution in [3.05, 3.63) is 83.9 Å². The minimum Gasteiger partial charge on any atom is -0.174 e. The van der Waals surface area contributed by atoms with Crippen LogP contribution in [0.1, 0.15) is 11.1 Å². The van der Waals surface area contributed by atoms with Crippen LogP contribution in [0.2, 0.25) is 0 Å². The van der Waals surface area contributed by atoms with Crippen molar-refractivity contribution in [3.63, 3.8) is 0 Å². The second kappa shape index (κ2) is 6.69. The summed E-state index contributed by atoms with van der Waals surface area (Å²) in [6.45, 7) is -3.67. The first-order valence-corrected chi connectivity index (χ1v) is 7.34. The summed E-state index contributed by atoms with van der Waals surface area (Å²) >= 11 is 0. The lowest BCUT2D eigenvalue weighted by atomic mass is 9.96. The fourth-order valence-electron chi connectivity index (χ4n) is 3.05. The highest BCUT2D eigenvalue weighted by atomic mass is 19.4. The molecule has 0 spiro atoms. The van der Waals surface area contributed by atoms with E-state index in [0.717, 1.165) is 6.42 Å². The van der Waals surface area contributed by atoms with Gasteiger partial charge in [-0.2, -0.15) is 13.2 Å². The van der Waals surface area contributed by atoms with Gasteiger partial charge in [0.25, 0.3) is 0 Å². The van der Waals surface area contributed by atoms with E-state index < -0.39 is 6.68 Å². The van der Waals surface area contributed by atoms with E-state index in [1.165, 1.54) is 33.4 Å². The molecule has 1 aliphatic carbocycles. The van der Waals surface area contributed by atoms with E-state index in [9.17, 15) is 13.2 Å². The molecule has 3 heteroatoms. The van der Waals surface area contributed by atoms with E-state index in [2.05, 4.69) is 72.8 Å². The lowest BCUT2D eigenvalue weighted by molar-refractivity contribution is 0.00819. The summed E-state index contributed by atoms with van der Waals surface area (Å²) in [5, 5.41) is 0. The van der Waals surface area contributed by atoms with Crippen LogP contribution < -0.4 is 0 Å². The highest BCUT2D eigenvalue weighted by molar-refractivity contribution is 5.84. The van der Waals surface area contributed by atoms with Crippen LogP contribution in [0.15, 0.2) is 72.8 Å². The van der Waals surface area contributed by atoms with Gasteiger partial charge in [-0.1, -0.05) is 72.8 Å². The molecule has 0 atom stereocenters. The number of alkyl halides is 3. The van der Waals surface area contributed by atoms with Crippen molar-refractivity contribution >= 4 is 0 Å². The van der Waals surface area contributed by atoms with Crippen molar-refractivity contribution in [1.82, 2.24) is 0 Å². The normalized spacial score (nSPS) is 11.5. The Bertz CT molecular complexity index is 792. The molecule has 0 saturated heterocycles. The third kappa shape index (κ3) is 3.29. The van der Waals surface area contributed by atoms with E-state index in [1.54, 1.807) is 0 Å². The molecule has 0 unspecified atom stereocenters. The zero-order chi connectivity index (χ0) is 16.2. The van der Waals surface area contributed by atoms with E-state index in [1.807, 2.05) is 0 Å². The number of rotatable bonds is 1. The monoisotopic (exact) mass is 312 g/mol. The maximum atomic E-state index is 9.67. The van der Waals surface area contributed by atoms with Crippen LogP contribution >= 0.6 is 0 Å². The van der Waals surface area contributed by atoms with Gasteiger partial charge in [-0.25, -0.2) is 0 Å². The predicted molar refractivity (Wildman–Crippen MR) is 87.2 cm³/mol. The van der Waals surface area contributed by atoms with Crippen molar-refractivity contribution in [3.8, 4) is 22.3 Å². The summed E-state index contributed by atoms with van der Waals surface area (Å²) in [6, 6.07) is 26.1. The highest BCUT2D eigenvalue weighted by Crippen LogP contribution is 2.41. The van der Waals surface area contributed by atoms with E-state index in [4.69, 9.17) is 0 Å². The first kappa shape index (κ1) is 15.3. The summed E-state index contributed by atoms with van der Waals surface area (Å²) in [5.41, 5.74) is 8.39. The van der Waals surface area contributed by atoms with E-state index in [0.29, 0.717) is 0 Å². The molecule has 0 aromatic heterocycles. The van der Waals surface area contributed by atoms with Crippen LogP contribution in [0, 0.1) is 0 Å². The summed E-state index contributed by atoms with van der Waals surface area (Å²) in [6.07, 6.45) is 1.05. The first-order chi connectivity index (χ1) is 11.2. The molecule has 0 aliphatic heterocycles. The summed E-state index contributed by atoms with van der Waals surface area (Å²) < 4.78 is 29.0. The molecule has 23 heavy (non-hydrogen) atoms. The quantitative estimate of drug-likeness (QED) is 0.398. The van der Waals surface area contributed by atoms with Gasteiger partial charge in [-0.3, -0.25) is 0 Å². The SMILES string of the molecule is FC(F)F.c1ccc(-c2cccc3c2Cc2ccccc2-3)cc1. The standard InChI is InChI=1S/C19H14.CHF3/c1-2-7-14(8-3-1)16-11-6-12-18-17-10-5-4-9-15(17)13-19(16)18;2-1(3)4/h1-12H,13H2;1H. The maximum absolute atomic E-state index is 9.67. The molecule has 3 aromatic rings. The Morgan fingerprint density at radius 1 is 0.609 bits per heavy atom. The lowest BCUT2D eigenvalue weighted by Crippen LogP contribution is -1.87. The first-order valence-electron chi connectivity index (χ1n) is 7.34. The Labute approximate surface area is 133 Å². The minimum absolute atomic E-state index is 1.05. The van der Waals surface area contributed by atoms with Crippen molar-refractivity contribution in [2.24, 2.45) is 0 Å². The van der Waals surface area contributed by atoms with Crippen LogP contribution in [0.3, 0.4) is 0 Å². The molecule has 1 aliphatic rings. The van der Waals surface area contributed by atoms with Crippen molar-refractivity contribution in [1.29, 1.82) is 0 Å². The van der Waals surface area contributed by atoms with Crippen molar-refractivity contribution in [2.45, 2.75) is 13.1 Å². The van der Waals surface area contributed by atoms with Gasteiger partial charge in [0.2, 0.25) is 0 Å². The van der Waals surface area contributed by atoms with Gasteiger partial charge in [0.15, 0.2) is 0 Å². The molecule has 0 saturated carbocycles. The third-order valence-electron chi connectivity index (χ3n) is 3.94. The summed E-state index contributed by atoms with van der Waals surface area (Å²) in [5.74, 6) is 0. The fourth-order valence-corrected chi connectivity index (χ4v) is 3.05. The van der Waals surface area contributed by atoms with Gasteiger partial charge in [-0.05, 0) is 39.8 Å².